The number of likely N-dealkylation sites (N-methyl/N-ethyl adjacent to an activating group) is 1. The van der Waals surface area contributed by atoms with Crippen LogP contribution in [-0.4, -0.2) is 48.9 Å². The van der Waals surface area contributed by atoms with Crippen molar-refractivity contribution in [1.29, 1.82) is 0 Å². The van der Waals surface area contributed by atoms with Crippen LogP contribution in [0.25, 0.3) is 0 Å². The molecule has 2 rings (SSSR count). The van der Waals surface area contributed by atoms with Crippen molar-refractivity contribution in [1.82, 2.24) is 9.80 Å². The van der Waals surface area contributed by atoms with Crippen molar-refractivity contribution in [3.63, 3.8) is 0 Å². The van der Waals surface area contributed by atoms with Crippen LogP contribution in [0.2, 0.25) is 5.02 Å². The van der Waals surface area contributed by atoms with Crippen LogP contribution in [-0.2, 0) is 11.3 Å². The SMILES string of the molecule is CN1CCN(Cc2ccc(F)cc2Cl)C[C@@H](C(N)=O)C1. The largest absolute Gasteiger partial charge is 0.369 e. The molecule has 1 atom stereocenters. The quantitative estimate of drug-likeness (QED) is 0.916. The molecule has 0 radical (unpaired) electrons. The summed E-state index contributed by atoms with van der Waals surface area (Å²) in [5, 5.41) is 0.415. The number of nitrogens with two attached hydrogens (primary N) is 1. The Bertz CT molecular complexity index is 497. The minimum absolute atomic E-state index is 0.193. The number of primary amides is 1. The second kappa shape index (κ2) is 6.52. The number of benzene rings is 1. The van der Waals surface area contributed by atoms with Crippen LogP contribution in [0, 0.1) is 11.7 Å². The third-order valence-electron chi connectivity index (χ3n) is 3.62. The molecule has 110 valence electrons. The Morgan fingerprint density at radius 3 is 2.85 bits per heavy atom. The Morgan fingerprint density at radius 1 is 1.45 bits per heavy atom. The van der Waals surface area contributed by atoms with Gasteiger partial charge < -0.3 is 10.6 Å². The van der Waals surface area contributed by atoms with E-state index >= 15 is 0 Å². The second-order valence-electron chi connectivity index (χ2n) is 5.33. The van der Waals surface area contributed by atoms with E-state index in [1.165, 1.54) is 12.1 Å². The molecule has 0 unspecified atom stereocenters. The van der Waals surface area contributed by atoms with Crippen LogP contribution < -0.4 is 5.73 Å². The van der Waals surface area contributed by atoms with E-state index in [0.717, 1.165) is 18.7 Å². The van der Waals surface area contributed by atoms with Gasteiger partial charge in [0.2, 0.25) is 5.91 Å². The summed E-state index contributed by atoms with van der Waals surface area (Å²) in [6.45, 7) is 3.56. The molecule has 1 heterocycles. The monoisotopic (exact) mass is 299 g/mol. The van der Waals surface area contributed by atoms with E-state index in [-0.39, 0.29) is 17.6 Å². The van der Waals surface area contributed by atoms with E-state index in [1.807, 2.05) is 7.05 Å². The summed E-state index contributed by atoms with van der Waals surface area (Å²) in [6, 6.07) is 4.40. The Morgan fingerprint density at radius 2 is 2.20 bits per heavy atom. The molecule has 1 saturated heterocycles. The van der Waals surface area contributed by atoms with Gasteiger partial charge in [-0.1, -0.05) is 17.7 Å². The fourth-order valence-electron chi connectivity index (χ4n) is 2.45. The van der Waals surface area contributed by atoms with Crippen LogP contribution in [0.1, 0.15) is 5.56 Å². The van der Waals surface area contributed by atoms with E-state index < -0.39 is 0 Å². The zero-order valence-corrected chi connectivity index (χ0v) is 12.2. The number of hydrogen-bond acceptors (Lipinski definition) is 3. The highest BCUT2D eigenvalue weighted by Crippen LogP contribution is 2.20. The molecule has 6 heteroatoms. The zero-order chi connectivity index (χ0) is 14.7. The first-order chi connectivity index (χ1) is 9.45. The molecule has 0 aliphatic carbocycles. The number of halogens is 2. The summed E-state index contributed by atoms with van der Waals surface area (Å²) in [5.74, 6) is -0.819. The normalized spacial score (nSPS) is 21.6. The third kappa shape index (κ3) is 3.91. The Balaban J connectivity index is 2.09. The van der Waals surface area contributed by atoms with Gasteiger partial charge in [0, 0.05) is 37.7 Å². The molecule has 0 saturated carbocycles. The highest BCUT2D eigenvalue weighted by atomic mass is 35.5. The first-order valence-electron chi connectivity index (χ1n) is 6.60. The molecule has 1 aromatic carbocycles. The zero-order valence-electron chi connectivity index (χ0n) is 11.5. The lowest BCUT2D eigenvalue weighted by Gasteiger charge is -2.22. The van der Waals surface area contributed by atoms with Crippen LogP contribution >= 0.6 is 11.6 Å². The maximum absolute atomic E-state index is 13.0. The van der Waals surface area contributed by atoms with E-state index in [4.69, 9.17) is 17.3 Å². The number of nitrogens with zero attached hydrogens (tertiary/aromatic N) is 2. The third-order valence-corrected chi connectivity index (χ3v) is 3.97. The fourth-order valence-corrected chi connectivity index (χ4v) is 2.68. The molecule has 20 heavy (non-hydrogen) atoms. The van der Waals surface area contributed by atoms with Crippen LogP contribution in [0.4, 0.5) is 4.39 Å². The molecular formula is C14H19ClFN3O. The maximum atomic E-state index is 13.0. The average Bonchev–Trinajstić information content (AvgIpc) is 2.55. The standard InChI is InChI=1S/C14H19ClFN3O/c1-18-4-5-19(9-11(7-18)14(17)20)8-10-2-3-12(16)6-13(10)15/h2-3,6,11H,4-5,7-9H2,1H3,(H2,17,20)/t11-/m0/s1. The minimum Gasteiger partial charge on any atom is -0.369 e. The first kappa shape index (κ1) is 15.2. The van der Waals surface area contributed by atoms with Gasteiger partial charge in [-0.25, -0.2) is 4.39 Å². The second-order valence-corrected chi connectivity index (χ2v) is 5.74. The molecule has 1 aliphatic rings. The molecule has 1 aliphatic heterocycles. The summed E-state index contributed by atoms with van der Waals surface area (Å²) in [4.78, 5) is 15.7. The van der Waals surface area contributed by atoms with Crippen molar-refractivity contribution in [2.75, 3.05) is 33.2 Å². The molecular weight excluding hydrogens is 281 g/mol. The molecule has 0 bridgehead atoms. The first-order valence-corrected chi connectivity index (χ1v) is 6.97. The van der Waals surface area contributed by atoms with Gasteiger partial charge in [-0.15, -0.1) is 0 Å². The summed E-state index contributed by atoms with van der Waals surface area (Å²) >= 11 is 6.05. The van der Waals surface area contributed by atoms with Gasteiger partial charge in [0.05, 0.1) is 5.92 Å². The lowest BCUT2D eigenvalue weighted by Crippen LogP contribution is -2.37. The predicted octanol–water partition coefficient (Wildman–Crippen LogP) is 1.33. The maximum Gasteiger partial charge on any atom is 0.223 e. The van der Waals surface area contributed by atoms with Crippen molar-refractivity contribution in [3.05, 3.63) is 34.6 Å². The molecule has 4 nitrogen and oxygen atoms in total. The van der Waals surface area contributed by atoms with Crippen LogP contribution in [0.15, 0.2) is 18.2 Å². The number of carbonyl (C=O) groups excluding carboxylic acids is 1. The predicted molar refractivity (Wildman–Crippen MR) is 76.9 cm³/mol. The molecule has 0 spiro atoms. The molecule has 1 aromatic rings. The van der Waals surface area contributed by atoms with Gasteiger partial charge in [0.25, 0.3) is 0 Å². The van der Waals surface area contributed by atoms with Crippen LogP contribution in [0.3, 0.4) is 0 Å². The number of rotatable bonds is 3. The van der Waals surface area contributed by atoms with Crippen LogP contribution in [0.5, 0.6) is 0 Å². The molecule has 1 fully saturated rings. The van der Waals surface area contributed by atoms with Gasteiger partial charge in [0.15, 0.2) is 0 Å². The van der Waals surface area contributed by atoms with E-state index in [2.05, 4.69) is 9.80 Å². The molecule has 1 amide bonds. The van der Waals surface area contributed by atoms with Crippen molar-refractivity contribution in [2.24, 2.45) is 11.7 Å². The van der Waals surface area contributed by atoms with Crippen molar-refractivity contribution >= 4 is 17.5 Å². The van der Waals surface area contributed by atoms with Crippen molar-refractivity contribution in [2.45, 2.75) is 6.54 Å². The fraction of sp³-hybridized carbons (Fsp3) is 0.500. The molecule has 0 aromatic heterocycles. The van der Waals surface area contributed by atoms with Crippen molar-refractivity contribution in [3.8, 4) is 0 Å². The summed E-state index contributed by atoms with van der Waals surface area (Å²) < 4.78 is 13.0. The van der Waals surface area contributed by atoms with Gasteiger partial charge in [-0.3, -0.25) is 9.69 Å². The van der Waals surface area contributed by atoms with Gasteiger partial charge in [0.1, 0.15) is 5.82 Å². The van der Waals surface area contributed by atoms with Crippen molar-refractivity contribution < 1.29 is 9.18 Å². The molecule has 2 N–H and O–H groups in total. The smallest absolute Gasteiger partial charge is 0.223 e. The van der Waals surface area contributed by atoms with E-state index in [1.54, 1.807) is 6.07 Å². The van der Waals surface area contributed by atoms with Gasteiger partial charge in [-0.05, 0) is 24.7 Å². The summed E-state index contributed by atoms with van der Waals surface area (Å²) in [7, 11) is 1.98. The van der Waals surface area contributed by atoms with Gasteiger partial charge in [-0.2, -0.15) is 0 Å². The van der Waals surface area contributed by atoms with E-state index in [0.29, 0.717) is 24.7 Å². The number of amides is 1. The van der Waals surface area contributed by atoms with E-state index in [9.17, 15) is 9.18 Å². The lowest BCUT2D eigenvalue weighted by atomic mass is 10.1. The highest BCUT2D eigenvalue weighted by molar-refractivity contribution is 6.31. The Hall–Kier alpha value is -1.17. The van der Waals surface area contributed by atoms with Gasteiger partial charge >= 0.3 is 0 Å². The minimum atomic E-state index is -0.343. The number of carbonyl (C=O) groups is 1. The highest BCUT2D eigenvalue weighted by Gasteiger charge is 2.25. The topological polar surface area (TPSA) is 49.6 Å². The summed E-state index contributed by atoms with van der Waals surface area (Å²) in [5.41, 5.74) is 6.30. The summed E-state index contributed by atoms with van der Waals surface area (Å²) in [6.07, 6.45) is 0. The lowest BCUT2D eigenvalue weighted by molar-refractivity contribution is -0.122. The Kier molecular flexibility index (Phi) is 4.96. The average molecular weight is 300 g/mol. The number of hydrogen-bond donors (Lipinski definition) is 1. The Labute approximate surface area is 123 Å².